The minimum absolute atomic E-state index is 0.0646. The van der Waals surface area contributed by atoms with Crippen LogP contribution in [0.4, 0.5) is 11.4 Å². The van der Waals surface area contributed by atoms with Gasteiger partial charge in [0.1, 0.15) is 11.5 Å². The van der Waals surface area contributed by atoms with E-state index in [1.54, 1.807) is 6.07 Å². The van der Waals surface area contributed by atoms with Gasteiger partial charge in [-0.1, -0.05) is 15.9 Å². The first kappa shape index (κ1) is 15.8. The average Bonchev–Trinajstić information content (AvgIpc) is 2.49. The highest BCUT2D eigenvalue weighted by atomic mass is 79.9. The summed E-state index contributed by atoms with van der Waals surface area (Å²) >= 11 is 3.21. The number of amides is 1. The Hall–Kier alpha value is -2.61. The summed E-state index contributed by atoms with van der Waals surface area (Å²) in [5.41, 5.74) is 0.174. The van der Waals surface area contributed by atoms with Crippen LogP contribution in [-0.4, -0.2) is 23.0 Å². The Labute approximate surface area is 133 Å². The van der Waals surface area contributed by atoms with Crippen molar-refractivity contribution in [3.8, 4) is 11.5 Å². The molecule has 2 N–H and O–H groups in total. The lowest BCUT2D eigenvalue weighted by molar-refractivity contribution is -0.384. The number of carbonyl (C=O) groups excluding carboxylic acids is 1. The molecule has 0 aliphatic rings. The topological polar surface area (TPSA) is 102 Å². The van der Waals surface area contributed by atoms with Gasteiger partial charge in [0.25, 0.3) is 11.6 Å². The molecule has 0 aliphatic heterocycles. The minimum atomic E-state index is -0.564. The maximum absolute atomic E-state index is 12.2. The van der Waals surface area contributed by atoms with E-state index in [9.17, 15) is 20.0 Å². The van der Waals surface area contributed by atoms with Gasteiger partial charge >= 0.3 is 0 Å². The molecule has 1 amide bonds. The maximum atomic E-state index is 12.2. The van der Waals surface area contributed by atoms with Crippen molar-refractivity contribution >= 4 is 33.2 Å². The van der Waals surface area contributed by atoms with Gasteiger partial charge in [0.15, 0.2) is 0 Å². The number of ether oxygens (including phenoxy) is 1. The molecular formula is C14H11BrN2O5. The third-order valence-electron chi connectivity index (χ3n) is 2.85. The summed E-state index contributed by atoms with van der Waals surface area (Å²) in [7, 11) is 1.34. The van der Waals surface area contributed by atoms with Gasteiger partial charge in [-0.15, -0.1) is 0 Å². The zero-order valence-corrected chi connectivity index (χ0v) is 13.0. The summed E-state index contributed by atoms with van der Waals surface area (Å²) < 4.78 is 5.67. The zero-order chi connectivity index (χ0) is 16.3. The Morgan fingerprint density at radius 1 is 1.32 bits per heavy atom. The predicted molar refractivity (Wildman–Crippen MR) is 83.4 cm³/mol. The van der Waals surface area contributed by atoms with E-state index in [0.29, 0.717) is 4.47 Å². The molecule has 7 nitrogen and oxygen atoms in total. The third kappa shape index (κ3) is 3.34. The van der Waals surface area contributed by atoms with Crippen molar-refractivity contribution in [2.45, 2.75) is 0 Å². The molecule has 114 valence electrons. The number of nitro benzene ring substituents is 1. The minimum Gasteiger partial charge on any atom is -0.507 e. The monoisotopic (exact) mass is 366 g/mol. The van der Waals surface area contributed by atoms with Crippen molar-refractivity contribution in [3.05, 3.63) is 56.5 Å². The lowest BCUT2D eigenvalue weighted by Crippen LogP contribution is -2.13. The van der Waals surface area contributed by atoms with Crippen LogP contribution in [0.25, 0.3) is 0 Å². The van der Waals surface area contributed by atoms with Gasteiger partial charge in [0.05, 0.1) is 29.4 Å². The molecule has 0 aliphatic carbocycles. The molecule has 0 saturated carbocycles. The molecule has 0 bridgehead atoms. The Bertz CT molecular complexity index is 748. The smallest absolute Gasteiger partial charge is 0.273 e. The number of phenols is 1. The summed E-state index contributed by atoms with van der Waals surface area (Å²) in [4.78, 5) is 22.4. The number of non-ortho nitro benzene ring substituents is 1. The number of carbonyl (C=O) groups is 1. The van der Waals surface area contributed by atoms with Crippen LogP contribution in [0.2, 0.25) is 0 Å². The number of aromatic hydroxyl groups is 1. The SMILES string of the molecule is COc1cc([N+](=O)[O-])ccc1NC(=O)c1cc(Br)ccc1O. The summed E-state index contributed by atoms with van der Waals surface area (Å²) in [6.07, 6.45) is 0. The number of anilines is 1. The lowest BCUT2D eigenvalue weighted by atomic mass is 10.1. The van der Waals surface area contributed by atoms with E-state index >= 15 is 0 Å². The molecule has 0 aromatic heterocycles. The molecule has 0 spiro atoms. The van der Waals surface area contributed by atoms with Crippen LogP contribution in [-0.2, 0) is 0 Å². The number of nitro groups is 1. The van der Waals surface area contributed by atoms with Gasteiger partial charge < -0.3 is 15.2 Å². The van der Waals surface area contributed by atoms with Crippen molar-refractivity contribution in [3.63, 3.8) is 0 Å². The Morgan fingerprint density at radius 3 is 2.68 bits per heavy atom. The molecule has 2 rings (SSSR count). The van der Waals surface area contributed by atoms with Gasteiger partial charge in [-0.05, 0) is 24.3 Å². The summed E-state index contributed by atoms with van der Waals surface area (Å²) in [5, 5.41) is 23.0. The van der Waals surface area contributed by atoms with E-state index in [1.165, 1.54) is 37.4 Å². The van der Waals surface area contributed by atoms with Crippen LogP contribution < -0.4 is 10.1 Å². The van der Waals surface area contributed by atoms with Crippen LogP contribution in [0.3, 0.4) is 0 Å². The van der Waals surface area contributed by atoms with Crippen molar-refractivity contribution in [2.75, 3.05) is 12.4 Å². The summed E-state index contributed by atoms with van der Waals surface area (Å²) in [6.45, 7) is 0. The second-order valence-corrected chi connectivity index (χ2v) is 5.17. The fraction of sp³-hybridized carbons (Fsp3) is 0.0714. The normalized spacial score (nSPS) is 10.1. The molecule has 0 unspecified atom stereocenters. The predicted octanol–water partition coefficient (Wildman–Crippen LogP) is 3.32. The molecule has 22 heavy (non-hydrogen) atoms. The molecule has 0 radical (unpaired) electrons. The molecule has 8 heteroatoms. The first-order valence-corrected chi connectivity index (χ1v) is 6.84. The second kappa shape index (κ2) is 6.44. The van der Waals surface area contributed by atoms with E-state index in [2.05, 4.69) is 21.2 Å². The van der Waals surface area contributed by atoms with Crippen LogP contribution in [0.15, 0.2) is 40.9 Å². The Kier molecular flexibility index (Phi) is 4.62. The standard InChI is InChI=1S/C14H11BrN2O5/c1-22-13-7-9(17(20)21)3-4-11(13)16-14(19)10-6-8(15)2-5-12(10)18/h2-7,18H,1H3,(H,16,19). The highest BCUT2D eigenvalue weighted by Crippen LogP contribution is 2.30. The van der Waals surface area contributed by atoms with Crippen LogP contribution in [0, 0.1) is 10.1 Å². The molecule has 0 heterocycles. The van der Waals surface area contributed by atoms with E-state index in [1.807, 2.05) is 0 Å². The number of benzene rings is 2. The van der Waals surface area contributed by atoms with Crippen molar-refractivity contribution < 1.29 is 19.6 Å². The van der Waals surface area contributed by atoms with E-state index in [0.717, 1.165) is 0 Å². The Balaban J connectivity index is 2.32. The third-order valence-corrected chi connectivity index (χ3v) is 3.34. The number of nitrogens with zero attached hydrogens (tertiary/aromatic N) is 1. The maximum Gasteiger partial charge on any atom is 0.273 e. The van der Waals surface area contributed by atoms with Crippen molar-refractivity contribution in [2.24, 2.45) is 0 Å². The number of phenolic OH excluding ortho intramolecular Hbond substituents is 1. The zero-order valence-electron chi connectivity index (χ0n) is 11.4. The summed E-state index contributed by atoms with van der Waals surface area (Å²) in [5.74, 6) is -0.593. The quantitative estimate of drug-likeness (QED) is 0.638. The fourth-order valence-corrected chi connectivity index (χ4v) is 2.14. The average molecular weight is 367 g/mol. The van der Waals surface area contributed by atoms with Gasteiger partial charge in [0.2, 0.25) is 0 Å². The molecule has 2 aromatic rings. The lowest BCUT2D eigenvalue weighted by Gasteiger charge is -2.11. The van der Waals surface area contributed by atoms with E-state index in [-0.39, 0.29) is 28.4 Å². The highest BCUT2D eigenvalue weighted by Gasteiger charge is 2.16. The van der Waals surface area contributed by atoms with Gasteiger partial charge in [-0.25, -0.2) is 0 Å². The van der Waals surface area contributed by atoms with Crippen LogP contribution in [0.5, 0.6) is 11.5 Å². The van der Waals surface area contributed by atoms with Gasteiger partial charge in [0, 0.05) is 10.5 Å². The highest BCUT2D eigenvalue weighted by molar-refractivity contribution is 9.10. The first-order chi connectivity index (χ1) is 10.4. The molecule has 0 saturated heterocycles. The summed E-state index contributed by atoms with van der Waals surface area (Å²) in [6, 6.07) is 8.26. The van der Waals surface area contributed by atoms with Gasteiger partial charge in [-0.2, -0.15) is 0 Å². The van der Waals surface area contributed by atoms with Crippen molar-refractivity contribution in [1.82, 2.24) is 0 Å². The van der Waals surface area contributed by atoms with Crippen molar-refractivity contribution in [1.29, 1.82) is 0 Å². The number of nitrogens with one attached hydrogen (secondary N) is 1. The first-order valence-electron chi connectivity index (χ1n) is 6.04. The van der Waals surface area contributed by atoms with Crippen LogP contribution >= 0.6 is 15.9 Å². The fourth-order valence-electron chi connectivity index (χ4n) is 1.78. The molecule has 2 aromatic carbocycles. The number of rotatable bonds is 4. The van der Waals surface area contributed by atoms with E-state index in [4.69, 9.17) is 4.74 Å². The number of hydrogen-bond donors (Lipinski definition) is 2. The largest absolute Gasteiger partial charge is 0.507 e. The molecule has 0 atom stereocenters. The number of hydrogen-bond acceptors (Lipinski definition) is 5. The second-order valence-electron chi connectivity index (χ2n) is 4.26. The van der Waals surface area contributed by atoms with Gasteiger partial charge in [-0.3, -0.25) is 14.9 Å². The molecule has 0 fully saturated rings. The van der Waals surface area contributed by atoms with Crippen LogP contribution in [0.1, 0.15) is 10.4 Å². The Morgan fingerprint density at radius 2 is 2.05 bits per heavy atom. The number of methoxy groups -OCH3 is 1. The number of halogens is 1. The van der Waals surface area contributed by atoms with E-state index < -0.39 is 10.8 Å². The molecular weight excluding hydrogens is 356 g/mol.